The van der Waals surface area contributed by atoms with E-state index in [9.17, 15) is 9.59 Å². The van der Waals surface area contributed by atoms with Gasteiger partial charge < -0.3 is 10.2 Å². The molecule has 0 aliphatic carbocycles. The Hall–Kier alpha value is -1.84. The molecular formula is C10H12O4. The van der Waals surface area contributed by atoms with E-state index in [1.807, 2.05) is 6.07 Å². The average molecular weight is 196 g/mol. The first-order valence-electron chi connectivity index (χ1n) is 3.97. The number of phenolic OH excluding ortho intramolecular Hbond substituents is 1. The van der Waals surface area contributed by atoms with Crippen LogP contribution in [0.25, 0.3) is 0 Å². The summed E-state index contributed by atoms with van der Waals surface area (Å²) < 4.78 is 0. The number of carboxylic acid groups (broad SMARTS) is 1. The number of benzene rings is 1. The first kappa shape index (κ1) is 12.2. The minimum absolute atomic E-state index is 0.312. The summed E-state index contributed by atoms with van der Waals surface area (Å²) in [4.78, 5) is 19.5. The maximum atomic E-state index is 9.87. The molecule has 0 aliphatic rings. The minimum Gasteiger partial charge on any atom is -0.508 e. The average Bonchev–Trinajstić information content (AvgIpc) is 2.03. The largest absolute Gasteiger partial charge is 0.508 e. The summed E-state index contributed by atoms with van der Waals surface area (Å²) >= 11 is 0. The Morgan fingerprint density at radius 1 is 1.21 bits per heavy atom. The molecular weight excluding hydrogens is 184 g/mol. The maximum absolute atomic E-state index is 9.87. The van der Waals surface area contributed by atoms with Crippen LogP contribution in [0, 0.1) is 0 Å². The highest BCUT2D eigenvalue weighted by atomic mass is 16.4. The summed E-state index contributed by atoms with van der Waals surface area (Å²) in [5.74, 6) is -1.05. The molecule has 2 N–H and O–H groups in total. The minimum atomic E-state index is -1.06. The van der Waals surface area contributed by atoms with Gasteiger partial charge in [0.2, 0.25) is 0 Å². The number of hydrogen-bond donors (Lipinski definition) is 2. The molecule has 0 atom stereocenters. The van der Waals surface area contributed by atoms with Crippen LogP contribution in [0.15, 0.2) is 30.3 Å². The highest BCUT2D eigenvalue weighted by molar-refractivity contribution is 5.93. The van der Waals surface area contributed by atoms with Gasteiger partial charge in [-0.3, -0.25) is 9.59 Å². The second kappa shape index (κ2) is 6.65. The van der Waals surface area contributed by atoms with Gasteiger partial charge in [0.25, 0.3) is 0 Å². The van der Waals surface area contributed by atoms with Crippen LogP contribution in [0.2, 0.25) is 0 Å². The summed E-state index contributed by atoms with van der Waals surface area (Å²) in [6.45, 7) is 1.24. The van der Waals surface area contributed by atoms with Crippen LogP contribution in [0.1, 0.15) is 13.3 Å². The van der Waals surface area contributed by atoms with Crippen LogP contribution in [0.3, 0.4) is 0 Å². The Morgan fingerprint density at radius 2 is 1.71 bits per heavy atom. The number of carbonyl (C=O) groups is 2. The van der Waals surface area contributed by atoms with Gasteiger partial charge in [0.1, 0.15) is 18.0 Å². The van der Waals surface area contributed by atoms with E-state index in [4.69, 9.17) is 10.2 Å². The number of aliphatic carboxylic acids is 1. The van der Waals surface area contributed by atoms with Crippen LogP contribution >= 0.6 is 0 Å². The smallest absolute Gasteiger partial charge is 0.310 e. The van der Waals surface area contributed by atoms with Crippen molar-refractivity contribution in [3.63, 3.8) is 0 Å². The number of carboxylic acids is 1. The van der Waals surface area contributed by atoms with Crippen molar-refractivity contribution in [2.75, 3.05) is 0 Å². The van der Waals surface area contributed by atoms with Gasteiger partial charge in [0.15, 0.2) is 0 Å². The number of ketones is 1. The van der Waals surface area contributed by atoms with E-state index < -0.39 is 5.97 Å². The van der Waals surface area contributed by atoms with E-state index >= 15 is 0 Å². The van der Waals surface area contributed by atoms with Crippen molar-refractivity contribution in [1.82, 2.24) is 0 Å². The van der Waals surface area contributed by atoms with Crippen LogP contribution in [-0.4, -0.2) is 22.0 Å². The highest BCUT2D eigenvalue weighted by Crippen LogP contribution is 2.02. The first-order valence-corrected chi connectivity index (χ1v) is 3.97. The molecule has 4 nitrogen and oxygen atoms in total. The molecule has 0 bridgehead atoms. The Morgan fingerprint density at radius 3 is 1.86 bits per heavy atom. The van der Waals surface area contributed by atoms with Gasteiger partial charge in [-0.2, -0.15) is 0 Å². The number of aromatic hydroxyl groups is 1. The van der Waals surface area contributed by atoms with Gasteiger partial charge >= 0.3 is 5.97 Å². The number of carbonyl (C=O) groups excluding carboxylic acids is 1. The quantitative estimate of drug-likeness (QED) is 0.702. The van der Waals surface area contributed by atoms with E-state index in [1.165, 1.54) is 6.92 Å². The first-order chi connectivity index (χ1) is 6.52. The summed E-state index contributed by atoms with van der Waals surface area (Å²) in [7, 11) is 0. The molecule has 14 heavy (non-hydrogen) atoms. The zero-order chi connectivity index (χ0) is 11.0. The molecule has 0 saturated carbocycles. The van der Waals surface area contributed by atoms with Gasteiger partial charge in [-0.1, -0.05) is 18.2 Å². The standard InChI is InChI=1S/C6H6O.C4H6O3/c7-6-4-2-1-3-5-6;1-3(5)2-4(6)7/h1-5,7H;2H2,1H3,(H,6,7). The molecule has 0 unspecified atom stereocenters. The van der Waals surface area contributed by atoms with Gasteiger partial charge in [-0.05, 0) is 19.1 Å². The summed E-state index contributed by atoms with van der Waals surface area (Å²) in [5.41, 5.74) is 0. The lowest BCUT2D eigenvalue weighted by atomic mass is 10.3. The lowest BCUT2D eigenvalue weighted by Crippen LogP contribution is -2.00. The predicted octanol–water partition coefficient (Wildman–Crippen LogP) is 1.44. The van der Waals surface area contributed by atoms with Gasteiger partial charge in [0, 0.05) is 0 Å². The molecule has 4 heteroatoms. The Kier molecular flexibility index (Phi) is 5.78. The van der Waals surface area contributed by atoms with Gasteiger partial charge in [-0.25, -0.2) is 0 Å². The fourth-order valence-electron chi connectivity index (χ4n) is 0.641. The van der Waals surface area contributed by atoms with Crippen molar-refractivity contribution < 1.29 is 19.8 Å². The lowest BCUT2D eigenvalue weighted by Gasteiger charge is -1.82. The Balaban J connectivity index is 0.000000241. The zero-order valence-electron chi connectivity index (χ0n) is 7.80. The van der Waals surface area contributed by atoms with Crippen LogP contribution in [0.4, 0.5) is 0 Å². The van der Waals surface area contributed by atoms with Crippen molar-refractivity contribution in [3.8, 4) is 5.75 Å². The third kappa shape index (κ3) is 8.26. The fourth-order valence-corrected chi connectivity index (χ4v) is 0.641. The highest BCUT2D eigenvalue weighted by Gasteiger charge is 1.98. The summed E-state index contributed by atoms with van der Waals surface area (Å²) in [5, 5.41) is 16.5. The topological polar surface area (TPSA) is 74.6 Å². The van der Waals surface area contributed by atoms with E-state index in [1.54, 1.807) is 24.3 Å². The molecule has 0 amide bonds. The van der Waals surface area contributed by atoms with E-state index in [0.717, 1.165) is 0 Å². The van der Waals surface area contributed by atoms with Crippen LogP contribution in [-0.2, 0) is 9.59 Å². The lowest BCUT2D eigenvalue weighted by molar-refractivity contribution is -0.139. The molecule has 76 valence electrons. The van der Waals surface area contributed by atoms with E-state index in [-0.39, 0.29) is 12.2 Å². The SMILES string of the molecule is CC(=O)CC(=O)O.Oc1ccccc1. The molecule has 0 heterocycles. The number of hydrogen-bond acceptors (Lipinski definition) is 3. The second-order valence-electron chi connectivity index (χ2n) is 2.61. The predicted molar refractivity (Wildman–Crippen MR) is 51.0 cm³/mol. The van der Waals surface area contributed by atoms with Crippen LogP contribution < -0.4 is 0 Å². The van der Waals surface area contributed by atoms with Crippen molar-refractivity contribution in [3.05, 3.63) is 30.3 Å². The normalized spacial score (nSPS) is 8.36. The van der Waals surface area contributed by atoms with E-state index in [2.05, 4.69) is 0 Å². The van der Waals surface area contributed by atoms with E-state index in [0.29, 0.717) is 5.75 Å². The zero-order valence-corrected chi connectivity index (χ0v) is 7.80. The Labute approximate surface area is 81.8 Å². The number of rotatable bonds is 2. The molecule has 0 aliphatic heterocycles. The van der Waals surface area contributed by atoms with Crippen molar-refractivity contribution in [2.24, 2.45) is 0 Å². The van der Waals surface area contributed by atoms with Gasteiger partial charge in [0.05, 0.1) is 0 Å². The number of phenols is 1. The third-order valence-corrected chi connectivity index (χ3v) is 1.16. The van der Waals surface area contributed by atoms with Gasteiger partial charge in [-0.15, -0.1) is 0 Å². The third-order valence-electron chi connectivity index (χ3n) is 1.16. The van der Waals surface area contributed by atoms with Crippen molar-refractivity contribution in [1.29, 1.82) is 0 Å². The molecule has 0 spiro atoms. The molecule has 1 rings (SSSR count). The van der Waals surface area contributed by atoms with Crippen molar-refractivity contribution in [2.45, 2.75) is 13.3 Å². The number of para-hydroxylation sites is 1. The fraction of sp³-hybridized carbons (Fsp3) is 0.200. The molecule has 0 radical (unpaired) electrons. The maximum Gasteiger partial charge on any atom is 0.310 e. The summed E-state index contributed by atoms with van der Waals surface area (Å²) in [6, 6.07) is 8.71. The summed E-state index contributed by atoms with van der Waals surface area (Å²) in [6.07, 6.45) is -0.361. The molecule has 0 aromatic heterocycles. The molecule has 1 aromatic rings. The molecule has 1 aromatic carbocycles. The Bertz CT molecular complexity index is 280. The molecule has 0 fully saturated rings. The number of Topliss-reactive ketones (excluding diaryl/α,β-unsaturated/α-hetero) is 1. The molecule has 0 saturated heterocycles. The van der Waals surface area contributed by atoms with Crippen LogP contribution in [0.5, 0.6) is 5.75 Å². The second-order valence-corrected chi connectivity index (χ2v) is 2.61. The van der Waals surface area contributed by atoms with Crippen molar-refractivity contribution >= 4 is 11.8 Å². The monoisotopic (exact) mass is 196 g/mol.